The van der Waals surface area contributed by atoms with Gasteiger partial charge in [0.25, 0.3) is 5.91 Å². The van der Waals surface area contributed by atoms with Gasteiger partial charge < -0.3 is 15.2 Å². The summed E-state index contributed by atoms with van der Waals surface area (Å²) < 4.78 is 2.27. The van der Waals surface area contributed by atoms with E-state index < -0.39 is 0 Å². The third-order valence-electron chi connectivity index (χ3n) is 5.51. The first-order valence-electron chi connectivity index (χ1n) is 10.7. The van der Waals surface area contributed by atoms with E-state index >= 15 is 0 Å². The highest BCUT2D eigenvalue weighted by Crippen LogP contribution is 2.31. The van der Waals surface area contributed by atoms with Crippen molar-refractivity contribution in [1.29, 1.82) is 5.26 Å². The van der Waals surface area contributed by atoms with Gasteiger partial charge in [-0.15, -0.1) is 0 Å². The number of aromatic nitrogens is 1. The van der Waals surface area contributed by atoms with E-state index in [4.69, 9.17) is 5.26 Å². The van der Waals surface area contributed by atoms with Gasteiger partial charge in [-0.05, 0) is 61.9 Å². The fourth-order valence-electron chi connectivity index (χ4n) is 3.94. The Bertz CT molecular complexity index is 1330. The molecule has 1 aromatic heterocycles. The third kappa shape index (κ3) is 4.33. The average Bonchev–Trinajstić information content (AvgIpc) is 3.14. The highest BCUT2D eigenvalue weighted by atomic mass is 16.2. The van der Waals surface area contributed by atoms with Gasteiger partial charge in [-0.25, -0.2) is 0 Å². The van der Waals surface area contributed by atoms with Crippen LogP contribution >= 0.6 is 0 Å². The van der Waals surface area contributed by atoms with Gasteiger partial charge >= 0.3 is 0 Å². The second-order valence-corrected chi connectivity index (χ2v) is 7.59. The number of hydrogen-bond acceptors (Lipinski definition) is 3. The quantitative estimate of drug-likeness (QED) is 0.416. The predicted octanol–water partition coefficient (Wildman–Crippen LogP) is 4.83. The van der Waals surface area contributed by atoms with Crippen LogP contribution in [0.15, 0.2) is 66.7 Å². The Morgan fingerprint density at radius 2 is 1.72 bits per heavy atom. The van der Waals surface area contributed by atoms with Gasteiger partial charge in [0.2, 0.25) is 5.91 Å². The highest BCUT2D eigenvalue weighted by Gasteiger charge is 2.11. The van der Waals surface area contributed by atoms with Crippen molar-refractivity contribution in [3.63, 3.8) is 0 Å². The van der Waals surface area contributed by atoms with E-state index in [2.05, 4.69) is 34.3 Å². The molecule has 0 fully saturated rings. The molecule has 32 heavy (non-hydrogen) atoms. The predicted molar refractivity (Wildman–Crippen MR) is 126 cm³/mol. The minimum absolute atomic E-state index is 0.0869. The summed E-state index contributed by atoms with van der Waals surface area (Å²) in [5, 5.41) is 16.9. The maximum Gasteiger partial charge on any atom is 0.251 e. The van der Waals surface area contributed by atoms with Crippen LogP contribution in [0.3, 0.4) is 0 Å². The summed E-state index contributed by atoms with van der Waals surface area (Å²) in [6.45, 7) is 3.40. The maximum atomic E-state index is 12.4. The lowest BCUT2D eigenvalue weighted by atomic mass is 10.1. The molecule has 4 aromatic rings. The number of rotatable bonds is 7. The van der Waals surface area contributed by atoms with E-state index in [1.807, 2.05) is 36.4 Å². The van der Waals surface area contributed by atoms with Crippen molar-refractivity contribution in [3.05, 3.63) is 77.9 Å². The highest BCUT2D eigenvalue weighted by molar-refractivity contribution is 6.09. The number of benzene rings is 3. The van der Waals surface area contributed by atoms with Gasteiger partial charge in [0.15, 0.2) is 0 Å². The molecule has 2 amide bonds. The zero-order valence-corrected chi connectivity index (χ0v) is 17.9. The number of amides is 2. The van der Waals surface area contributed by atoms with E-state index in [1.54, 1.807) is 24.3 Å². The van der Waals surface area contributed by atoms with Crippen molar-refractivity contribution >= 4 is 39.3 Å². The van der Waals surface area contributed by atoms with Gasteiger partial charge in [-0.1, -0.05) is 18.2 Å². The van der Waals surface area contributed by atoms with Gasteiger partial charge in [0, 0.05) is 52.6 Å². The largest absolute Gasteiger partial charge is 0.352 e. The molecule has 6 heteroatoms. The Labute approximate surface area is 186 Å². The summed E-state index contributed by atoms with van der Waals surface area (Å²) in [7, 11) is 0. The molecule has 6 nitrogen and oxygen atoms in total. The molecule has 0 radical (unpaired) electrons. The van der Waals surface area contributed by atoms with Crippen molar-refractivity contribution in [2.24, 2.45) is 0 Å². The number of anilines is 1. The molecule has 0 atom stereocenters. The van der Waals surface area contributed by atoms with Crippen LogP contribution in [-0.2, 0) is 11.3 Å². The lowest BCUT2D eigenvalue weighted by Crippen LogP contribution is -2.25. The zero-order valence-electron chi connectivity index (χ0n) is 17.9. The van der Waals surface area contributed by atoms with Crippen LogP contribution in [0.25, 0.3) is 21.8 Å². The lowest BCUT2D eigenvalue weighted by Gasteiger charge is -2.08. The summed E-state index contributed by atoms with van der Waals surface area (Å²) >= 11 is 0. The third-order valence-corrected chi connectivity index (χ3v) is 5.51. The smallest absolute Gasteiger partial charge is 0.251 e. The number of carbonyl (C=O) groups is 2. The zero-order chi connectivity index (χ0) is 22.5. The van der Waals surface area contributed by atoms with Crippen LogP contribution in [0.2, 0.25) is 0 Å². The fourth-order valence-corrected chi connectivity index (χ4v) is 3.94. The summed E-state index contributed by atoms with van der Waals surface area (Å²) in [6, 6.07) is 22.8. The second kappa shape index (κ2) is 9.36. The Morgan fingerprint density at radius 3 is 2.47 bits per heavy atom. The number of nitrogens with zero attached hydrogens (tertiary/aromatic N) is 2. The number of nitriles is 1. The molecule has 4 rings (SSSR count). The van der Waals surface area contributed by atoms with Crippen LogP contribution in [0.5, 0.6) is 0 Å². The monoisotopic (exact) mass is 424 g/mol. The number of aryl methyl sites for hydroxylation is 1. The number of para-hydroxylation sites is 1. The van der Waals surface area contributed by atoms with Crippen LogP contribution in [0.4, 0.5) is 5.69 Å². The number of carbonyl (C=O) groups excluding carboxylic acids is 2. The first kappa shape index (κ1) is 21.1. The van der Waals surface area contributed by atoms with Gasteiger partial charge in [0.1, 0.15) is 0 Å². The van der Waals surface area contributed by atoms with E-state index in [0.717, 1.165) is 23.1 Å². The number of nitrogens with one attached hydrogen (secondary N) is 2. The number of fused-ring (bicyclic) bond motifs is 3. The first-order valence-corrected chi connectivity index (χ1v) is 10.7. The molecular formula is C26H24N4O2. The molecule has 0 spiro atoms. The summed E-state index contributed by atoms with van der Waals surface area (Å²) in [4.78, 5) is 24.5. The molecule has 0 aliphatic heterocycles. The van der Waals surface area contributed by atoms with Gasteiger partial charge in [0.05, 0.1) is 11.6 Å². The Kier molecular flexibility index (Phi) is 6.18. The van der Waals surface area contributed by atoms with Crippen LogP contribution in [-0.4, -0.2) is 22.9 Å². The molecule has 0 bridgehead atoms. The van der Waals surface area contributed by atoms with Crippen LogP contribution in [0, 0.1) is 11.3 Å². The summed E-state index contributed by atoms with van der Waals surface area (Å²) in [5.41, 5.74) is 4.11. The SMILES string of the molecule is CCn1c2ccccc2c2cc(NC(=O)CCCNC(=O)c3ccc(C#N)cc3)ccc21. The molecule has 0 aliphatic rings. The standard InChI is InChI=1S/C26H24N4O2/c1-2-30-23-7-4-3-6-21(23)22-16-20(13-14-24(22)30)29-25(31)8-5-15-28-26(32)19-11-9-18(17-27)10-12-19/h3-4,6-7,9-14,16H,2,5,8,15H2,1H3,(H,28,32)(H,29,31). The van der Waals surface area contributed by atoms with E-state index in [9.17, 15) is 9.59 Å². The molecule has 3 aromatic carbocycles. The van der Waals surface area contributed by atoms with Crippen molar-refractivity contribution in [2.75, 3.05) is 11.9 Å². The molecule has 0 aliphatic carbocycles. The topological polar surface area (TPSA) is 86.9 Å². The van der Waals surface area contributed by atoms with Crippen molar-refractivity contribution in [1.82, 2.24) is 9.88 Å². The molecule has 0 saturated heterocycles. The van der Waals surface area contributed by atoms with Crippen LogP contribution in [0.1, 0.15) is 35.7 Å². The summed E-state index contributed by atoms with van der Waals surface area (Å²) in [5.74, 6) is -0.302. The normalized spacial score (nSPS) is 10.8. The molecule has 0 saturated carbocycles. The van der Waals surface area contributed by atoms with Crippen molar-refractivity contribution in [2.45, 2.75) is 26.3 Å². The number of hydrogen-bond donors (Lipinski definition) is 2. The van der Waals surface area contributed by atoms with Crippen molar-refractivity contribution < 1.29 is 9.59 Å². The van der Waals surface area contributed by atoms with Crippen molar-refractivity contribution in [3.8, 4) is 6.07 Å². The average molecular weight is 425 g/mol. The molecular weight excluding hydrogens is 400 g/mol. The fraction of sp³-hybridized carbons (Fsp3) is 0.192. The maximum absolute atomic E-state index is 12.4. The van der Waals surface area contributed by atoms with Gasteiger partial charge in [-0.3, -0.25) is 9.59 Å². The van der Waals surface area contributed by atoms with Crippen LogP contribution < -0.4 is 10.6 Å². The molecule has 160 valence electrons. The minimum Gasteiger partial charge on any atom is -0.352 e. The molecule has 1 heterocycles. The van der Waals surface area contributed by atoms with E-state index in [-0.39, 0.29) is 11.8 Å². The summed E-state index contributed by atoms with van der Waals surface area (Å²) in [6.07, 6.45) is 0.841. The Hall–Kier alpha value is -4.11. The van der Waals surface area contributed by atoms with E-state index in [1.165, 1.54) is 10.9 Å². The first-order chi connectivity index (χ1) is 15.6. The Balaban J connectivity index is 1.33. The van der Waals surface area contributed by atoms with Gasteiger partial charge in [-0.2, -0.15) is 5.26 Å². The Morgan fingerprint density at radius 1 is 0.969 bits per heavy atom. The molecule has 0 unspecified atom stereocenters. The minimum atomic E-state index is -0.215. The lowest BCUT2D eigenvalue weighted by molar-refractivity contribution is -0.116. The second-order valence-electron chi connectivity index (χ2n) is 7.59. The van der Waals surface area contributed by atoms with E-state index in [0.29, 0.717) is 30.5 Å². The molecule has 2 N–H and O–H groups in total.